The van der Waals surface area contributed by atoms with E-state index in [1.54, 1.807) is 0 Å². The molecule has 0 aliphatic rings. The fourth-order valence-corrected chi connectivity index (χ4v) is 6.42. The third-order valence-electron chi connectivity index (χ3n) is 8.65. The van der Waals surface area contributed by atoms with Crippen LogP contribution in [0.3, 0.4) is 0 Å². The Morgan fingerprint density at radius 3 is 1.76 bits per heavy atom. The first-order valence-electron chi connectivity index (χ1n) is 15.2. The van der Waals surface area contributed by atoms with Crippen molar-refractivity contribution in [3.05, 3.63) is 158 Å². The Balaban J connectivity index is 1.35. The van der Waals surface area contributed by atoms with Gasteiger partial charge in [-0.3, -0.25) is 0 Å². The lowest BCUT2D eigenvalue weighted by Crippen LogP contribution is -1.96. The van der Waals surface area contributed by atoms with Crippen molar-refractivity contribution in [2.24, 2.45) is 0 Å². The Morgan fingerprint density at radius 2 is 1.00 bits per heavy atom. The van der Waals surface area contributed by atoms with E-state index in [-0.39, 0.29) is 0 Å². The molecular weight excluding hydrogens is 548 g/mol. The van der Waals surface area contributed by atoms with Crippen molar-refractivity contribution < 1.29 is 4.42 Å². The van der Waals surface area contributed by atoms with Crippen LogP contribution >= 0.6 is 0 Å². The predicted octanol–water partition coefficient (Wildman–Crippen LogP) is 11.4. The maximum Gasteiger partial charge on any atom is 0.160 e. The number of hydrogen-bond donors (Lipinski definition) is 0. The molecule has 9 rings (SSSR count). The third kappa shape index (κ3) is 4.37. The van der Waals surface area contributed by atoms with Crippen molar-refractivity contribution in [3.63, 3.8) is 0 Å². The zero-order chi connectivity index (χ0) is 29.7. The van der Waals surface area contributed by atoms with Gasteiger partial charge < -0.3 is 4.42 Å². The molecule has 45 heavy (non-hydrogen) atoms. The molecule has 3 nitrogen and oxygen atoms in total. The van der Waals surface area contributed by atoms with E-state index < -0.39 is 0 Å². The minimum absolute atomic E-state index is 0.690. The van der Waals surface area contributed by atoms with Crippen molar-refractivity contribution in [3.8, 4) is 45.0 Å². The molecule has 2 aromatic heterocycles. The molecule has 0 saturated carbocycles. The third-order valence-corrected chi connectivity index (χ3v) is 8.65. The zero-order valence-corrected chi connectivity index (χ0v) is 24.3. The van der Waals surface area contributed by atoms with E-state index in [2.05, 4.69) is 133 Å². The Kier molecular flexibility index (Phi) is 5.82. The molecule has 0 bridgehead atoms. The lowest BCUT2D eigenvalue weighted by molar-refractivity contribution is 0.670. The van der Waals surface area contributed by atoms with E-state index in [4.69, 9.17) is 14.4 Å². The van der Waals surface area contributed by atoms with Crippen LogP contribution in [0.4, 0.5) is 0 Å². The monoisotopic (exact) mass is 574 g/mol. The van der Waals surface area contributed by atoms with Gasteiger partial charge in [-0.2, -0.15) is 0 Å². The highest BCUT2D eigenvalue weighted by Crippen LogP contribution is 2.43. The summed E-state index contributed by atoms with van der Waals surface area (Å²) in [6.45, 7) is 0. The van der Waals surface area contributed by atoms with Crippen molar-refractivity contribution in [1.82, 2.24) is 9.97 Å². The van der Waals surface area contributed by atoms with E-state index in [1.807, 2.05) is 24.3 Å². The van der Waals surface area contributed by atoms with E-state index in [9.17, 15) is 0 Å². The summed E-state index contributed by atoms with van der Waals surface area (Å²) < 4.78 is 6.74. The highest BCUT2D eigenvalue weighted by atomic mass is 16.3. The number of nitrogens with zero attached hydrogens (tertiary/aromatic N) is 2. The van der Waals surface area contributed by atoms with E-state index in [0.717, 1.165) is 66.5 Å². The van der Waals surface area contributed by atoms with Gasteiger partial charge in [-0.1, -0.05) is 127 Å². The second-order valence-electron chi connectivity index (χ2n) is 11.4. The first-order valence-corrected chi connectivity index (χ1v) is 15.2. The molecule has 2 heterocycles. The maximum absolute atomic E-state index is 6.74. The van der Waals surface area contributed by atoms with Crippen LogP contribution in [0, 0.1) is 0 Å². The normalized spacial score (nSPS) is 11.6. The summed E-state index contributed by atoms with van der Waals surface area (Å²) in [4.78, 5) is 10.3. The predicted molar refractivity (Wildman–Crippen MR) is 186 cm³/mol. The molecule has 0 N–H and O–H groups in total. The Labute approximate surface area is 260 Å². The number of fused-ring (bicyclic) bond motifs is 5. The Hall–Kier alpha value is -6.06. The van der Waals surface area contributed by atoms with Gasteiger partial charge in [0.15, 0.2) is 5.82 Å². The molecule has 0 radical (unpaired) electrons. The molecule has 9 aromatic rings. The Bertz CT molecular complexity index is 2530. The summed E-state index contributed by atoms with van der Waals surface area (Å²) in [7, 11) is 0. The average Bonchev–Trinajstić information content (AvgIpc) is 3.49. The van der Waals surface area contributed by atoms with Gasteiger partial charge in [-0.05, 0) is 57.4 Å². The smallest absolute Gasteiger partial charge is 0.160 e. The van der Waals surface area contributed by atoms with Crippen molar-refractivity contribution in [2.45, 2.75) is 0 Å². The zero-order valence-electron chi connectivity index (χ0n) is 24.3. The van der Waals surface area contributed by atoms with Gasteiger partial charge in [0, 0.05) is 33.0 Å². The number of hydrogen-bond acceptors (Lipinski definition) is 3. The van der Waals surface area contributed by atoms with Crippen LogP contribution in [-0.4, -0.2) is 9.97 Å². The summed E-state index contributed by atoms with van der Waals surface area (Å²) in [5.41, 5.74) is 8.66. The Morgan fingerprint density at radius 1 is 0.400 bits per heavy atom. The summed E-state index contributed by atoms with van der Waals surface area (Å²) in [5, 5.41) is 6.84. The number of rotatable bonds is 4. The molecule has 0 atom stereocenters. The first-order chi connectivity index (χ1) is 22.3. The van der Waals surface area contributed by atoms with Crippen LogP contribution in [0.2, 0.25) is 0 Å². The number of benzene rings is 7. The fraction of sp³-hybridized carbons (Fsp3) is 0. The molecule has 0 amide bonds. The summed E-state index contributed by atoms with van der Waals surface area (Å²) in [5.74, 6) is 0.690. The fourth-order valence-electron chi connectivity index (χ4n) is 6.42. The summed E-state index contributed by atoms with van der Waals surface area (Å²) in [6, 6.07) is 54.9. The highest BCUT2D eigenvalue weighted by molar-refractivity contribution is 6.18. The lowest BCUT2D eigenvalue weighted by Gasteiger charge is -2.12. The van der Waals surface area contributed by atoms with E-state index in [0.29, 0.717) is 5.82 Å². The van der Waals surface area contributed by atoms with Crippen LogP contribution in [0.25, 0.3) is 88.5 Å². The van der Waals surface area contributed by atoms with Crippen LogP contribution in [0.5, 0.6) is 0 Å². The van der Waals surface area contributed by atoms with Gasteiger partial charge in [0.2, 0.25) is 0 Å². The van der Waals surface area contributed by atoms with Gasteiger partial charge >= 0.3 is 0 Å². The molecule has 0 saturated heterocycles. The highest BCUT2D eigenvalue weighted by Gasteiger charge is 2.20. The molecule has 3 heteroatoms. The van der Waals surface area contributed by atoms with Crippen LogP contribution < -0.4 is 0 Å². The number of furan rings is 1. The average molecular weight is 575 g/mol. The largest absolute Gasteiger partial charge is 0.455 e. The van der Waals surface area contributed by atoms with Crippen LogP contribution in [0.15, 0.2) is 162 Å². The summed E-state index contributed by atoms with van der Waals surface area (Å²) in [6.07, 6.45) is 0. The van der Waals surface area contributed by atoms with E-state index in [1.165, 1.54) is 16.2 Å². The molecule has 7 aromatic carbocycles. The molecule has 210 valence electrons. The van der Waals surface area contributed by atoms with Crippen LogP contribution in [-0.2, 0) is 0 Å². The maximum atomic E-state index is 6.74. The number of aromatic nitrogens is 2. The van der Waals surface area contributed by atoms with E-state index >= 15 is 0 Å². The van der Waals surface area contributed by atoms with Gasteiger partial charge in [0.05, 0.1) is 11.4 Å². The van der Waals surface area contributed by atoms with Gasteiger partial charge in [0.1, 0.15) is 11.2 Å². The molecule has 0 aliphatic carbocycles. The first kappa shape index (κ1) is 25.4. The lowest BCUT2D eigenvalue weighted by atomic mass is 9.95. The van der Waals surface area contributed by atoms with Crippen LogP contribution in [0.1, 0.15) is 0 Å². The molecule has 0 aliphatic heterocycles. The quantitative estimate of drug-likeness (QED) is 0.210. The summed E-state index contributed by atoms with van der Waals surface area (Å²) >= 11 is 0. The second-order valence-corrected chi connectivity index (χ2v) is 11.4. The molecule has 0 spiro atoms. The SMILES string of the molecule is c1ccc(-c2nc(-c3ccc4ccccc4c3)cc(-c3ccc(-c4ccccc4)c4oc5cc6ccccc6cc5c34)n2)cc1. The minimum Gasteiger partial charge on any atom is -0.455 e. The second kappa shape index (κ2) is 10.3. The minimum atomic E-state index is 0.690. The van der Waals surface area contributed by atoms with Gasteiger partial charge in [0.25, 0.3) is 0 Å². The van der Waals surface area contributed by atoms with Crippen molar-refractivity contribution in [2.75, 3.05) is 0 Å². The molecule has 0 unspecified atom stereocenters. The molecular formula is C42H26N2O. The van der Waals surface area contributed by atoms with Crippen molar-refractivity contribution >= 4 is 43.5 Å². The van der Waals surface area contributed by atoms with Gasteiger partial charge in [-0.15, -0.1) is 0 Å². The van der Waals surface area contributed by atoms with Gasteiger partial charge in [-0.25, -0.2) is 9.97 Å². The molecule has 0 fully saturated rings. The van der Waals surface area contributed by atoms with Crippen molar-refractivity contribution in [1.29, 1.82) is 0 Å². The topological polar surface area (TPSA) is 38.9 Å². The standard InChI is InChI=1S/C42H26N2O/c1-3-12-28(13-4-1)34-21-22-35(40-36-24-31-17-9-10-18-32(31)25-39(36)45-41(34)40)38-26-37(43-42(44-38)29-14-5-2-6-15-29)33-20-19-27-11-7-8-16-30(27)23-33/h1-26H.